The SMILES string of the molecule is Cc1cc(C(=O)COC(=O)C2=CN3CCS(=O)(=O)N=C3C=C2)c(C)n1CCc1ccccc1. The summed E-state index contributed by atoms with van der Waals surface area (Å²) < 4.78 is 34.2. The second-order valence-corrected chi connectivity index (χ2v) is 9.77. The Morgan fingerprint density at radius 2 is 1.88 bits per heavy atom. The van der Waals surface area contributed by atoms with Crippen molar-refractivity contribution in [1.82, 2.24) is 9.47 Å². The van der Waals surface area contributed by atoms with Gasteiger partial charge in [0.05, 0.1) is 11.3 Å². The molecule has 0 atom stereocenters. The van der Waals surface area contributed by atoms with E-state index in [1.807, 2.05) is 38.1 Å². The van der Waals surface area contributed by atoms with Crippen molar-refractivity contribution in [3.05, 3.63) is 82.8 Å². The van der Waals surface area contributed by atoms with Gasteiger partial charge in [0.1, 0.15) is 5.84 Å². The number of sulfonamides is 1. The van der Waals surface area contributed by atoms with Gasteiger partial charge in [0.15, 0.2) is 6.61 Å². The van der Waals surface area contributed by atoms with Gasteiger partial charge < -0.3 is 14.2 Å². The number of aromatic nitrogens is 1. The fourth-order valence-corrected chi connectivity index (χ4v) is 4.90. The molecule has 0 bridgehead atoms. The third kappa shape index (κ3) is 5.14. The molecule has 0 saturated heterocycles. The largest absolute Gasteiger partial charge is 0.454 e. The van der Waals surface area contributed by atoms with Crippen LogP contribution < -0.4 is 0 Å². The number of carbonyl (C=O) groups excluding carboxylic acids is 2. The van der Waals surface area contributed by atoms with Crippen LogP contribution in [-0.4, -0.2) is 54.4 Å². The van der Waals surface area contributed by atoms with Crippen LogP contribution in [0.2, 0.25) is 0 Å². The molecular formula is C24H25N3O5S. The van der Waals surface area contributed by atoms with E-state index in [4.69, 9.17) is 4.74 Å². The van der Waals surface area contributed by atoms with Crippen molar-refractivity contribution in [1.29, 1.82) is 0 Å². The molecule has 0 saturated carbocycles. The number of ketones is 1. The van der Waals surface area contributed by atoms with E-state index in [0.717, 1.165) is 24.4 Å². The lowest BCUT2D eigenvalue weighted by molar-refractivity contribution is -0.137. The Labute approximate surface area is 192 Å². The van der Waals surface area contributed by atoms with E-state index in [-0.39, 0.29) is 36.1 Å². The summed E-state index contributed by atoms with van der Waals surface area (Å²) in [6, 6.07) is 12.0. The van der Waals surface area contributed by atoms with Crippen LogP contribution in [0.3, 0.4) is 0 Å². The molecule has 0 aliphatic carbocycles. The van der Waals surface area contributed by atoms with Crippen LogP contribution in [0.15, 0.2) is 64.7 Å². The number of nitrogens with zero attached hydrogens (tertiary/aromatic N) is 3. The molecular weight excluding hydrogens is 442 g/mol. The van der Waals surface area contributed by atoms with Gasteiger partial charge in [-0.2, -0.15) is 0 Å². The fraction of sp³-hybridized carbons (Fsp3) is 0.292. The average molecular weight is 468 g/mol. The van der Waals surface area contributed by atoms with Crippen molar-refractivity contribution >= 4 is 27.6 Å². The van der Waals surface area contributed by atoms with Crippen LogP contribution >= 0.6 is 0 Å². The highest BCUT2D eigenvalue weighted by molar-refractivity contribution is 7.90. The number of rotatable bonds is 7. The standard InChI is InChI=1S/C24H25N3O5S/c1-17-14-21(18(2)27(17)11-10-19-6-4-3-5-7-19)22(28)16-32-24(29)20-8-9-23-25-33(30,31)13-12-26(23)15-20/h3-9,14-15H,10-13,16H2,1-2H3. The lowest BCUT2D eigenvalue weighted by Crippen LogP contribution is -2.37. The number of hydrogen-bond acceptors (Lipinski definition) is 6. The molecule has 33 heavy (non-hydrogen) atoms. The fourth-order valence-electron chi connectivity index (χ4n) is 3.93. The lowest BCUT2D eigenvalue weighted by atomic mass is 10.1. The molecule has 0 unspecified atom stereocenters. The monoisotopic (exact) mass is 467 g/mol. The predicted molar refractivity (Wildman–Crippen MR) is 124 cm³/mol. The minimum Gasteiger partial charge on any atom is -0.454 e. The van der Waals surface area contributed by atoms with Crippen LogP contribution in [0.5, 0.6) is 0 Å². The predicted octanol–water partition coefficient (Wildman–Crippen LogP) is 2.57. The summed E-state index contributed by atoms with van der Waals surface area (Å²) in [6.07, 6.45) is 5.24. The first-order valence-electron chi connectivity index (χ1n) is 10.6. The Morgan fingerprint density at radius 1 is 1.12 bits per heavy atom. The van der Waals surface area contributed by atoms with Gasteiger partial charge in [0, 0.05) is 36.2 Å². The van der Waals surface area contributed by atoms with Crippen LogP contribution in [0.4, 0.5) is 0 Å². The number of esters is 1. The molecule has 0 N–H and O–H groups in total. The van der Waals surface area contributed by atoms with Crippen molar-refractivity contribution in [2.24, 2.45) is 4.40 Å². The first-order chi connectivity index (χ1) is 15.7. The van der Waals surface area contributed by atoms with E-state index in [0.29, 0.717) is 5.56 Å². The van der Waals surface area contributed by atoms with E-state index in [1.54, 1.807) is 4.90 Å². The molecule has 0 radical (unpaired) electrons. The van der Waals surface area contributed by atoms with Crippen LogP contribution in [0, 0.1) is 13.8 Å². The molecule has 9 heteroatoms. The lowest BCUT2D eigenvalue weighted by Gasteiger charge is -2.26. The van der Waals surface area contributed by atoms with Crippen molar-refractivity contribution in [2.75, 3.05) is 18.9 Å². The minimum absolute atomic E-state index is 0.123. The summed E-state index contributed by atoms with van der Waals surface area (Å²) >= 11 is 0. The zero-order valence-electron chi connectivity index (χ0n) is 18.5. The summed E-state index contributed by atoms with van der Waals surface area (Å²) in [4.78, 5) is 26.8. The minimum atomic E-state index is -3.47. The maximum Gasteiger partial charge on any atom is 0.340 e. The van der Waals surface area contributed by atoms with E-state index >= 15 is 0 Å². The topological polar surface area (TPSA) is 98.0 Å². The molecule has 2 aromatic rings. The molecule has 1 aromatic heterocycles. The van der Waals surface area contributed by atoms with E-state index in [9.17, 15) is 18.0 Å². The normalized spacial score (nSPS) is 16.6. The second-order valence-electron chi connectivity index (χ2n) is 8.02. The van der Waals surface area contributed by atoms with Crippen molar-refractivity contribution in [3.8, 4) is 0 Å². The summed E-state index contributed by atoms with van der Waals surface area (Å²) in [5.74, 6) is -0.780. The number of ether oxygens (including phenoxy) is 1. The second kappa shape index (κ2) is 9.19. The number of benzene rings is 1. The van der Waals surface area contributed by atoms with Crippen LogP contribution in [0.25, 0.3) is 0 Å². The third-order valence-electron chi connectivity index (χ3n) is 5.73. The Morgan fingerprint density at radius 3 is 2.64 bits per heavy atom. The molecule has 0 amide bonds. The highest BCUT2D eigenvalue weighted by Gasteiger charge is 2.26. The first kappa shape index (κ1) is 22.7. The number of fused-ring (bicyclic) bond motifs is 1. The molecule has 3 heterocycles. The van der Waals surface area contributed by atoms with Gasteiger partial charge in [-0.05, 0) is 44.1 Å². The van der Waals surface area contributed by atoms with Crippen LogP contribution in [-0.2, 0) is 32.5 Å². The maximum absolute atomic E-state index is 12.8. The van der Waals surface area contributed by atoms with E-state index in [2.05, 4.69) is 21.1 Å². The molecule has 1 aromatic carbocycles. The summed E-state index contributed by atoms with van der Waals surface area (Å²) in [6.45, 7) is 4.43. The Bertz CT molecular complexity index is 1290. The highest BCUT2D eigenvalue weighted by Crippen LogP contribution is 2.19. The van der Waals surface area contributed by atoms with E-state index < -0.39 is 16.0 Å². The average Bonchev–Trinajstić information content (AvgIpc) is 3.09. The molecule has 0 fully saturated rings. The van der Waals surface area contributed by atoms with Gasteiger partial charge in [0.2, 0.25) is 5.78 Å². The van der Waals surface area contributed by atoms with Gasteiger partial charge >= 0.3 is 5.97 Å². The van der Waals surface area contributed by atoms with Crippen molar-refractivity contribution < 1.29 is 22.7 Å². The molecule has 2 aliphatic heterocycles. The zero-order chi connectivity index (χ0) is 23.6. The number of carbonyl (C=O) groups is 2. The number of Topliss-reactive ketones (excluding diaryl/α,β-unsaturated/α-hetero) is 1. The molecule has 0 spiro atoms. The molecule has 172 valence electrons. The summed E-state index contributed by atoms with van der Waals surface area (Å²) in [5, 5.41) is 0. The zero-order valence-corrected chi connectivity index (χ0v) is 19.3. The number of aryl methyl sites for hydroxylation is 2. The van der Waals surface area contributed by atoms with Gasteiger partial charge in [-0.25, -0.2) is 13.2 Å². The van der Waals surface area contributed by atoms with Gasteiger partial charge in [-0.15, -0.1) is 4.40 Å². The van der Waals surface area contributed by atoms with Gasteiger partial charge in [-0.3, -0.25) is 4.79 Å². The summed E-state index contributed by atoms with van der Waals surface area (Å²) in [7, 11) is -3.47. The maximum atomic E-state index is 12.8. The number of hydrogen-bond donors (Lipinski definition) is 0. The molecule has 4 rings (SSSR count). The number of amidine groups is 1. The van der Waals surface area contributed by atoms with Crippen LogP contribution in [0.1, 0.15) is 27.3 Å². The summed E-state index contributed by atoms with van der Waals surface area (Å²) in [5.41, 5.74) is 3.81. The van der Waals surface area contributed by atoms with Gasteiger partial charge in [0.25, 0.3) is 10.0 Å². The molecule has 8 nitrogen and oxygen atoms in total. The van der Waals surface area contributed by atoms with E-state index in [1.165, 1.54) is 23.9 Å². The smallest absolute Gasteiger partial charge is 0.340 e. The third-order valence-corrected chi connectivity index (χ3v) is 6.90. The highest BCUT2D eigenvalue weighted by atomic mass is 32.2. The Hall–Kier alpha value is -3.46. The quantitative estimate of drug-likeness (QED) is 0.459. The Kier molecular flexibility index (Phi) is 6.33. The van der Waals surface area contributed by atoms with Gasteiger partial charge in [-0.1, -0.05) is 30.3 Å². The Balaban J connectivity index is 1.38. The van der Waals surface area contributed by atoms with Crippen molar-refractivity contribution in [3.63, 3.8) is 0 Å². The molecule has 2 aliphatic rings. The first-order valence-corrected chi connectivity index (χ1v) is 12.2. The van der Waals surface area contributed by atoms with Crippen molar-refractivity contribution in [2.45, 2.75) is 26.8 Å².